The van der Waals surface area contributed by atoms with Gasteiger partial charge in [0.2, 0.25) is 0 Å². The van der Waals surface area contributed by atoms with Crippen molar-refractivity contribution in [2.24, 2.45) is 0 Å². The third-order valence-electron chi connectivity index (χ3n) is 25.0. The second-order valence-electron chi connectivity index (χ2n) is 36.1. The van der Waals surface area contributed by atoms with E-state index in [4.69, 9.17) is 0 Å². The van der Waals surface area contributed by atoms with E-state index in [0.717, 1.165) is 36.8 Å². The molecule has 0 aliphatic rings. The molecular formula is C104H194CaO6S2. The summed E-state index contributed by atoms with van der Waals surface area (Å²) in [5, 5.41) is 0. The van der Waals surface area contributed by atoms with Crippen LogP contribution in [0.4, 0.5) is 0 Å². The van der Waals surface area contributed by atoms with Crippen molar-refractivity contribution in [3.05, 3.63) is 59.7 Å². The number of hydrogen-bond donors (Lipinski definition) is 0. The average molecular weight is 1640 g/mol. The molecule has 2 aromatic rings. The van der Waals surface area contributed by atoms with Gasteiger partial charge in [0.15, 0.2) is 0 Å². The Balaban J connectivity index is 0.00000220. The maximum atomic E-state index is 11.2. The molecule has 6 nitrogen and oxygen atoms in total. The Morgan fingerprint density at radius 2 is 0.283 bits per heavy atom. The van der Waals surface area contributed by atoms with Gasteiger partial charge in [-0.2, -0.15) is 0 Å². The third kappa shape index (κ3) is 87.7. The first-order valence-corrected chi connectivity index (χ1v) is 54.0. The zero-order valence-electron chi connectivity index (χ0n) is 76.2. The van der Waals surface area contributed by atoms with Gasteiger partial charge in [0, 0.05) is 0 Å². The topological polar surface area (TPSA) is 114 Å². The Labute approximate surface area is 738 Å². The van der Waals surface area contributed by atoms with Crippen LogP contribution in [0.3, 0.4) is 0 Å². The number of hydrogen-bond acceptors (Lipinski definition) is 6. The molecule has 0 heterocycles. The van der Waals surface area contributed by atoms with E-state index in [-0.39, 0.29) is 47.5 Å². The van der Waals surface area contributed by atoms with Gasteiger partial charge < -0.3 is 9.11 Å². The molecule has 660 valence electrons. The summed E-state index contributed by atoms with van der Waals surface area (Å²) in [6.45, 7) is 4.61. The molecule has 0 fully saturated rings. The summed E-state index contributed by atoms with van der Waals surface area (Å²) in [7, 11) is -8.70. The first-order chi connectivity index (χ1) is 55.1. The SMILES string of the molecule is CCCCCCCCCCCCCCCCCCCCCCCCCCCCCCCCCCCCCCCCCCCCCCc1cccc(S(=O)(=O)[O-])c1.CCCCCCCCCCCCCCCCCCCCCCCCCCCCCCCCCCCCCCCCCCCCCCc1cccc(S(=O)(=O)[O-])c1.[Ca+2]. The van der Waals surface area contributed by atoms with Crippen LogP contribution in [0.2, 0.25) is 0 Å². The Morgan fingerprint density at radius 1 is 0.177 bits per heavy atom. The quantitative estimate of drug-likeness (QED) is 0.0370. The van der Waals surface area contributed by atoms with Crippen molar-refractivity contribution in [2.75, 3.05) is 0 Å². The molecule has 0 aliphatic heterocycles. The van der Waals surface area contributed by atoms with E-state index >= 15 is 0 Å². The maximum absolute atomic E-state index is 11.2. The molecule has 2 aromatic carbocycles. The fourth-order valence-electron chi connectivity index (χ4n) is 17.4. The number of aryl methyl sites for hydroxylation is 2. The second kappa shape index (κ2) is 92.2. The van der Waals surface area contributed by atoms with Crippen LogP contribution in [0.15, 0.2) is 58.3 Å². The fraction of sp³-hybridized carbons (Fsp3) is 0.885. The minimum atomic E-state index is -4.35. The summed E-state index contributed by atoms with van der Waals surface area (Å²) in [4.78, 5) is -0.209. The molecule has 113 heavy (non-hydrogen) atoms. The summed E-state index contributed by atoms with van der Waals surface area (Å²) in [6.07, 6.45) is 128. The molecule has 0 saturated heterocycles. The van der Waals surface area contributed by atoms with Crippen molar-refractivity contribution in [2.45, 2.75) is 602 Å². The monoisotopic (exact) mass is 1640 g/mol. The van der Waals surface area contributed by atoms with Gasteiger partial charge in [-0.25, -0.2) is 16.8 Å². The van der Waals surface area contributed by atoms with Crippen LogP contribution < -0.4 is 0 Å². The maximum Gasteiger partial charge on any atom is 2.00 e. The van der Waals surface area contributed by atoms with Crippen molar-refractivity contribution < 1.29 is 25.9 Å². The molecule has 0 unspecified atom stereocenters. The van der Waals surface area contributed by atoms with E-state index < -0.39 is 20.2 Å². The van der Waals surface area contributed by atoms with Gasteiger partial charge in [-0.15, -0.1) is 0 Å². The van der Waals surface area contributed by atoms with Crippen molar-refractivity contribution in [3.63, 3.8) is 0 Å². The van der Waals surface area contributed by atoms with Gasteiger partial charge in [0.1, 0.15) is 20.2 Å². The van der Waals surface area contributed by atoms with Gasteiger partial charge in [-0.3, -0.25) is 0 Å². The minimum Gasteiger partial charge on any atom is -0.744 e. The van der Waals surface area contributed by atoms with Crippen LogP contribution in [0.5, 0.6) is 0 Å². The molecule has 0 aromatic heterocycles. The molecule has 0 N–H and O–H groups in total. The van der Waals surface area contributed by atoms with Gasteiger partial charge >= 0.3 is 37.7 Å². The predicted octanol–water partition coefficient (Wildman–Crippen LogP) is 36.3. The Bertz CT molecular complexity index is 2210. The van der Waals surface area contributed by atoms with Gasteiger partial charge in [0.25, 0.3) is 0 Å². The average Bonchev–Trinajstić information content (AvgIpc) is 0.863. The smallest absolute Gasteiger partial charge is 0.744 e. The summed E-state index contributed by atoms with van der Waals surface area (Å²) < 4.78 is 67.1. The first-order valence-electron chi connectivity index (χ1n) is 51.2. The molecule has 0 radical (unpaired) electrons. The Kier molecular flexibility index (Phi) is 91.9. The van der Waals surface area contributed by atoms with Crippen molar-refractivity contribution >= 4 is 58.0 Å². The Hall–Kier alpha value is -0.480. The van der Waals surface area contributed by atoms with Crippen LogP contribution in [0.1, 0.15) is 590 Å². The van der Waals surface area contributed by atoms with E-state index in [2.05, 4.69) is 13.8 Å². The van der Waals surface area contributed by atoms with E-state index in [9.17, 15) is 25.9 Å². The number of unbranched alkanes of at least 4 members (excludes halogenated alkanes) is 86. The van der Waals surface area contributed by atoms with E-state index in [1.54, 1.807) is 12.1 Å². The normalized spacial score (nSPS) is 11.8. The number of rotatable bonds is 92. The fourth-order valence-corrected chi connectivity index (χ4v) is 18.4. The summed E-state index contributed by atoms with van der Waals surface area (Å²) >= 11 is 0. The molecule has 0 amide bonds. The van der Waals surface area contributed by atoms with Crippen LogP contribution in [0, 0.1) is 0 Å². The van der Waals surface area contributed by atoms with Gasteiger partial charge in [0.05, 0.1) is 9.79 Å². The first kappa shape index (κ1) is 113. The third-order valence-corrected chi connectivity index (χ3v) is 26.7. The van der Waals surface area contributed by atoms with Crippen molar-refractivity contribution in [3.8, 4) is 0 Å². The molecule has 0 aliphatic carbocycles. The van der Waals surface area contributed by atoms with Crippen LogP contribution >= 0.6 is 0 Å². The minimum absolute atomic E-state index is 0. The van der Waals surface area contributed by atoms with Crippen LogP contribution in [0.25, 0.3) is 0 Å². The van der Waals surface area contributed by atoms with Crippen LogP contribution in [-0.2, 0) is 33.1 Å². The molecule has 0 atom stereocenters. The second-order valence-corrected chi connectivity index (χ2v) is 38.9. The standard InChI is InChI=1S/2C52H98O3S.Ca/c2*1-2-3-4-5-6-7-8-9-10-11-12-13-14-15-16-17-18-19-20-21-22-23-24-25-26-27-28-29-30-31-32-33-34-35-36-37-38-39-40-41-42-43-44-45-47-51-48-46-49-52(50-51)56(53,54)55;/h2*46,48-50H,2-45,47H2,1H3,(H,53,54,55);/q;;+2/p-2. The van der Waals surface area contributed by atoms with Crippen molar-refractivity contribution in [1.82, 2.24) is 0 Å². The summed E-state index contributed by atoms with van der Waals surface area (Å²) in [5.41, 5.74) is 1.91. The van der Waals surface area contributed by atoms with Gasteiger partial charge in [-0.1, -0.05) is 590 Å². The predicted molar refractivity (Wildman–Crippen MR) is 500 cm³/mol. The summed E-state index contributed by atoms with van der Waals surface area (Å²) in [5.74, 6) is 0. The molecule has 9 heteroatoms. The molecular weight excluding hydrogens is 1450 g/mol. The molecule has 0 saturated carbocycles. The summed E-state index contributed by atoms with van der Waals surface area (Å²) in [6, 6.07) is 13.0. The molecule has 0 bridgehead atoms. The van der Waals surface area contributed by atoms with Crippen molar-refractivity contribution in [1.29, 1.82) is 0 Å². The molecule has 2 rings (SSSR count). The molecule has 0 spiro atoms. The van der Waals surface area contributed by atoms with Gasteiger partial charge in [-0.05, 0) is 61.1 Å². The van der Waals surface area contributed by atoms with E-state index in [1.807, 2.05) is 12.1 Å². The van der Waals surface area contributed by atoms with E-state index in [0.29, 0.717) is 0 Å². The number of benzene rings is 2. The largest absolute Gasteiger partial charge is 2.00 e. The van der Waals surface area contributed by atoms with E-state index in [1.165, 1.54) is 576 Å². The zero-order valence-corrected chi connectivity index (χ0v) is 80.1. The Morgan fingerprint density at radius 3 is 0.389 bits per heavy atom. The zero-order chi connectivity index (χ0) is 80.6. The van der Waals surface area contributed by atoms with Crippen LogP contribution in [-0.4, -0.2) is 63.7 Å².